The van der Waals surface area contributed by atoms with E-state index >= 15 is 0 Å². The number of aryl methyl sites for hydroxylation is 1. The fourth-order valence-corrected chi connectivity index (χ4v) is 2.11. The maximum Gasteiger partial charge on any atom is 0.348 e. The van der Waals surface area contributed by atoms with E-state index in [-0.39, 0.29) is 5.57 Å². The zero-order valence-corrected chi connectivity index (χ0v) is 12.9. The van der Waals surface area contributed by atoms with E-state index in [1.54, 1.807) is 6.08 Å². The largest absolute Gasteiger partial charge is 0.465 e. The van der Waals surface area contributed by atoms with E-state index in [9.17, 15) is 4.79 Å². The number of esters is 1. The number of nitrogens with zero attached hydrogens (tertiary/aromatic N) is 2. The Labute approximate surface area is 120 Å². The second kappa shape index (κ2) is 6.95. The van der Waals surface area contributed by atoms with Crippen molar-refractivity contribution in [3.63, 3.8) is 0 Å². The van der Waals surface area contributed by atoms with Gasteiger partial charge < -0.3 is 9.30 Å². The Morgan fingerprint density at radius 3 is 2.65 bits per heavy atom. The minimum atomic E-state index is -0.598. The van der Waals surface area contributed by atoms with Crippen LogP contribution < -0.4 is 0 Å². The van der Waals surface area contributed by atoms with E-state index in [1.807, 2.05) is 26.0 Å². The summed E-state index contributed by atoms with van der Waals surface area (Å²) in [5.74, 6) is 0.0411. The van der Waals surface area contributed by atoms with Crippen molar-refractivity contribution in [1.29, 1.82) is 5.26 Å². The monoisotopic (exact) mass is 274 g/mol. The molecule has 0 radical (unpaired) electrons. The second-order valence-corrected chi connectivity index (χ2v) is 5.32. The Morgan fingerprint density at radius 1 is 1.50 bits per heavy atom. The van der Waals surface area contributed by atoms with Crippen molar-refractivity contribution in [2.24, 2.45) is 5.92 Å². The summed E-state index contributed by atoms with van der Waals surface area (Å²) in [6.07, 6.45) is 2.70. The van der Waals surface area contributed by atoms with Crippen molar-refractivity contribution < 1.29 is 9.53 Å². The Morgan fingerprint density at radius 2 is 2.15 bits per heavy atom. The first-order valence-corrected chi connectivity index (χ1v) is 6.77. The second-order valence-electron chi connectivity index (χ2n) is 5.32. The molecule has 0 atom stereocenters. The van der Waals surface area contributed by atoms with E-state index in [4.69, 9.17) is 5.26 Å². The molecule has 4 heteroatoms. The van der Waals surface area contributed by atoms with Crippen molar-refractivity contribution in [3.05, 3.63) is 28.6 Å². The highest BCUT2D eigenvalue weighted by molar-refractivity contribution is 5.97. The SMILES string of the molecule is COC(=O)/C(C#N)=C/c1cc(C)n(CCC(C)C)c1C. The van der Waals surface area contributed by atoms with Gasteiger partial charge in [0.25, 0.3) is 0 Å². The lowest BCUT2D eigenvalue weighted by Crippen LogP contribution is -2.05. The molecule has 0 N–H and O–H groups in total. The van der Waals surface area contributed by atoms with Gasteiger partial charge in [-0.15, -0.1) is 0 Å². The molecule has 1 aromatic heterocycles. The minimum absolute atomic E-state index is 0.0246. The first-order valence-electron chi connectivity index (χ1n) is 6.77. The maximum absolute atomic E-state index is 11.4. The summed E-state index contributed by atoms with van der Waals surface area (Å²) >= 11 is 0. The number of aromatic nitrogens is 1. The van der Waals surface area contributed by atoms with Crippen molar-refractivity contribution in [3.8, 4) is 6.07 Å². The number of hydrogen-bond acceptors (Lipinski definition) is 3. The molecule has 0 amide bonds. The molecule has 0 bridgehead atoms. The summed E-state index contributed by atoms with van der Waals surface area (Å²) in [7, 11) is 1.28. The number of methoxy groups -OCH3 is 1. The topological polar surface area (TPSA) is 55.0 Å². The van der Waals surface area contributed by atoms with Crippen LogP contribution in [0.15, 0.2) is 11.6 Å². The number of ether oxygens (including phenoxy) is 1. The number of nitriles is 1. The molecule has 0 saturated heterocycles. The summed E-state index contributed by atoms with van der Waals surface area (Å²) in [6.45, 7) is 9.38. The van der Waals surface area contributed by atoms with E-state index in [0.717, 1.165) is 29.9 Å². The standard InChI is InChI=1S/C16H22N2O2/c1-11(2)6-7-18-12(3)8-14(13(18)4)9-15(10-17)16(19)20-5/h8-9,11H,6-7H2,1-5H3/b15-9+. The highest BCUT2D eigenvalue weighted by Gasteiger charge is 2.13. The molecular formula is C16H22N2O2. The van der Waals surface area contributed by atoms with Crippen LogP contribution in [0.25, 0.3) is 6.08 Å². The molecule has 0 saturated carbocycles. The van der Waals surface area contributed by atoms with Gasteiger partial charge in [-0.3, -0.25) is 0 Å². The Bertz CT molecular complexity index is 560. The van der Waals surface area contributed by atoms with Crippen LogP contribution in [0.2, 0.25) is 0 Å². The summed E-state index contributed by atoms with van der Waals surface area (Å²) < 4.78 is 6.82. The van der Waals surface area contributed by atoms with Gasteiger partial charge in [0.05, 0.1) is 7.11 Å². The van der Waals surface area contributed by atoms with Gasteiger partial charge >= 0.3 is 5.97 Å². The van der Waals surface area contributed by atoms with Crippen molar-refractivity contribution in [1.82, 2.24) is 4.57 Å². The molecule has 0 spiro atoms. The predicted molar refractivity (Wildman–Crippen MR) is 79.0 cm³/mol. The summed E-state index contributed by atoms with van der Waals surface area (Å²) in [4.78, 5) is 11.4. The minimum Gasteiger partial charge on any atom is -0.465 e. The summed E-state index contributed by atoms with van der Waals surface area (Å²) in [5, 5.41) is 9.01. The lowest BCUT2D eigenvalue weighted by molar-refractivity contribution is -0.135. The molecule has 108 valence electrons. The Balaban J connectivity index is 3.10. The van der Waals surface area contributed by atoms with Crippen LogP contribution in [0.5, 0.6) is 0 Å². The first kappa shape index (κ1) is 16.0. The molecule has 0 fully saturated rings. The van der Waals surface area contributed by atoms with Crippen molar-refractivity contribution in [2.75, 3.05) is 7.11 Å². The van der Waals surface area contributed by atoms with E-state index in [2.05, 4.69) is 23.2 Å². The molecule has 0 aliphatic carbocycles. The van der Waals surface area contributed by atoms with Gasteiger partial charge in [-0.2, -0.15) is 5.26 Å². The van der Waals surface area contributed by atoms with Gasteiger partial charge in [-0.05, 0) is 43.9 Å². The normalized spacial score (nSPS) is 11.6. The molecule has 0 aromatic carbocycles. The Hall–Kier alpha value is -2.02. The predicted octanol–water partition coefficient (Wildman–Crippen LogP) is 3.23. The fourth-order valence-electron chi connectivity index (χ4n) is 2.11. The third kappa shape index (κ3) is 3.74. The quantitative estimate of drug-likeness (QED) is 0.470. The van der Waals surface area contributed by atoms with Crippen LogP contribution in [0.1, 0.15) is 37.2 Å². The molecule has 0 aliphatic rings. The fraction of sp³-hybridized carbons (Fsp3) is 0.500. The highest BCUT2D eigenvalue weighted by Crippen LogP contribution is 2.20. The summed E-state index contributed by atoms with van der Waals surface area (Å²) in [6, 6.07) is 3.88. The van der Waals surface area contributed by atoms with Crippen LogP contribution in [0.4, 0.5) is 0 Å². The van der Waals surface area contributed by atoms with Gasteiger partial charge in [0.1, 0.15) is 11.6 Å². The van der Waals surface area contributed by atoms with Gasteiger partial charge in [-0.1, -0.05) is 13.8 Å². The molecule has 1 heterocycles. The molecule has 4 nitrogen and oxygen atoms in total. The van der Waals surface area contributed by atoms with Crippen LogP contribution in [0, 0.1) is 31.1 Å². The smallest absolute Gasteiger partial charge is 0.348 e. The third-order valence-electron chi connectivity index (χ3n) is 3.37. The van der Waals surface area contributed by atoms with Gasteiger partial charge in [-0.25, -0.2) is 4.79 Å². The van der Waals surface area contributed by atoms with E-state index in [1.165, 1.54) is 7.11 Å². The third-order valence-corrected chi connectivity index (χ3v) is 3.37. The van der Waals surface area contributed by atoms with Crippen LogP contribution in [-0.4, -0.2) is 17.6 Å². The zero-order valence-electron chi connectivity index (χ0n) is 12.9. The molecule has 1 rings (SSSR count). The lowest BCUT2D eigenvalue weighted by atomic mass is 10.1. The number of carbonyl (C=O) groups is 1. The summed E-state index contributed by atoms with van der Waals surface area (Å²) in [5.41, 5.74) is 3.13. The van der Waals surface area contributed by atoms with Crippen molar-refractivity contribution in [2.45, 2.75) is 40.7 Å². The highest BCUT2D eigenvalue weighted by atomic mass is 16.5. The van der Waals surface area contributed by atoms with E-state index < -0.39 is 5.97 Å². The molecular weight excluding hydrogens is 252 g/mol. The average molecular weight is 274 g/mol. The van der Waals surface area contributed by atoms with Crippen molar-refractivity contribution >= 4 is 12.0 Å². The number of carbonyl (C=O) groups excluding carboxylic acids is 1. The number of hydrogen-bond donors (Lipinski definition) is 0. The van der Waals surface area contributed by atoms with E-state index in [0.29, 0.717) is 5.92 Å². The molecule has 0 unspecified atom stereocenters. The zero-order chi connectivity index (χ0) is 15.3. The average Bonchev–Trinajstić information content (AvgIpc) is 2.67. The molecule has 1 aromatic rings. The van der Waals surface area contributed by atoms with Crippen LogP contribution in [-0.2, 0) is 16.1 Å². The van der Waals surface area contributed by atoms with Gasteiger partial charge in [0, 0.05) is 17.9 Å². The van der Waals surface area contributed by atoms with Crippen LogP contribution >= 0.6 is 0 Å². The van der Waals surface area contributed by atoms with Gasteiger partial charge in [0.15, 0.2) is 0 Å². The van der Waals surface area contributed by atoms with Gasteiger partial charge in [0.2, 0.25) is 0 Å². The first-order chi connectivity index (χ1) is 9.40. The maximum atomic E-state index is 11.4. The Kier molecular flexibility index (Phi) is 5.57. The van der Waals surface area contributed by atoms with Crippen LogP contribution in [0.3, 0.4) is 0 Å². The molecule has 20 heavy (non-hydrogen) atoms. The number of rotatable bonds is 5. The lowest BCUT2D eigenvalue weighted by Gasteiger charge is -2.11. The molecule has 0 aliphatic heterocycles.